The van der Waals surface area contributed by atoms with Gasteiger partial charge in [0.05, 0.1) is 0 Å². The summed E-state index contributed by atoms with van der Waals surface area (Å²) in [5.41, 5.74) is 1.26. The monoisotopic (exact) mass is 377 g/mol. The van der Waals surface area contributed by atoms with E-state index in [1.807, 2.05) is 6.20 Å². The maximum Gasteiger partial charge on any atom is 0.227 e. The van der Waals surface area contributed by atoms with E-state index in [1.54, 1.807) is 0 Å². The van der Waals surface area contributed by atoms with E-state index in [0.29, 0.717) is 0 Å². The summed E-state index contributed by atoms with van der Waals surface area (Å²) in [6.45, 7) is 9.63. The van der Waals surface area contributed by atoms with Crippen molar-refractivity contribution in [3.63, 3.8) is 0 Å². The van der Waals surface area contributed by atoms with Crippen molar-refractivity contribution in [1.82, 2.24) is 14.9 Å². The fourth-order valence-electron chi connectivity index (χ4n) is 3.94. The Morgan fingerprint density at radius 1 is 0.929 bits per heavy atom. The minimum absolute atomic E-state index is 0.835. The molecule has 2 fully saturated rings. The van der Waals surface area contributed by atoms with Gasteiger partial charge in [0.1, 0.15) is 5.82 Å². The summed E-state index contributed by atoms with van der Waals surface area (Å²) in [7, 11) is 0. The van der Waals surface area contributed by atoms with Gasteiger partial charge < -0.3 is 9.80 Å². The lowest BCUT2D eigenvalue weighted by Gasteiger charge is -2.35. The predicted molar refractivity (Wildman–Crippen MR) is 117 cm³/mol. The van der Waals surface area contributed by atoms with E-state index >= 15 is 0 Å². The van der Waals surface area contributed by atoms with Crippen molar-refractivity contribution in [1.29, 1.82) is 0 Å². The van der Waals surface area contributed by atoms with E-state index in [1.165, 1.54) is 18.4 Å². The minimum atomic E-state index is 0.835. The summed E-state index contributed by atoms with van der Waals surface area (Å²) >= 11 is 0. The first-order chi connectivity index (χ1) is 13.8. The van der Waals surface area contributed by atoms with Crippen molar-refractivity contribution in [3.05, 3.63) is 54.2 Å². The van der Waals surface area contributed by atoms with E-state index in [2.05, 4.69) is 75.2 Å². The summed E-state index contributed by atoms with van der Waals surface area (Å²) in [5, 5.41) is 0. The van der Waals surface area contributed by atoms with E-state index < -0.39 is 0 Å². The highest BCUT2D eigenvalue weighted by molar-refractivity contribution is 5.49. The van der Waals surface area contributed by atoms with Gasteiger partial charge in [-0.15, -0.1) is 0 Å². The predicted octanol–water partition coefficient (Wildman–Crippen LogP) is 3.55. The lowest BCUT2D eigenvalue weighted by atomic mass is 9.99. The van der Waals surface area contributed by atoms with Gasteiger partial charge in [-0.3, -0.25) is 4.90 Å². The van der Waals surface area contributed by atoms with Gasteiger partial charge in [-0.25, -0.2) is 4.98 Å². The van der Waals surface area contributed by atoms with Crippen LogP contribution in [0.25, 0.3) is 6.08 Å². The summed E-state index contributed by atoms with van der Waals surface area (Å²) in [6.07, 6.45) is 8.91. The first-order valence-electron chi connectivity index (χ1n) is 10.5. The number of anilines is 2. The maximum atomic E-state index is 4.88. The highest BCUT2D eigenvalue weighted by Gasteiger charge is 2.21. The standard InChI is InChI=1S/C23H31N5/c1-20-10-14-27(15-11-20)22-9-12-24-23(25-22)28-18-16-26(17-19-28)13-5-8-21-6-3-2-4-7-21/h2-9,12,20H,10-11,13-19H2,1H3/b8-5+. The molecule has 0 amide bonds. The Morgan fingerprint density at radius 2 is 1.68 bits per heavy atom. The number of rotatable bonds is 5. The maximum absolute atomic E-state index is 4.88. The molecule has 0 spiro atoms. The van der Waals surface area contributed by atoms with Crippen LogP contribution < -0.4 is 9.80 Å². The molecule has 1 aromatic heterocycles. The number of aromatic nitrogens is 2. The molecule has 0 atom stereocenters. The molecule has 0 radical (unpaired) electrons. The van der Waals surface area contributed by atoms with Gasteiger partial charge in [0.2, 0.25) is 5.95 Å². The Kier molecular flexibility index (Phi) is 6.22. The molecule has 0 saturated carbocycles. The zero-order valence-electron chi connectivity index (χ0n) is 16.9. The van der Waals surface area contributed by atoms with Crippen LogP contribution in [0.15, 0.2) is 48.7 Å². The van der Waals surface area contributed by atoms with E-state index in [0.717, 1.165) is 63.5 Å². The van der Waals surface area contributed by atoms with Crippen LogP contribution in [-0.4, -0.2) is 60.7 Å². The molecule has 4 rings (SSSR count). The third-order valence-corrected chi connectivity index (χ3v) is 5.86. The molecule has 0 bridgehead atoms. The number of benzene rings is 1. The Labute approximate surface area is 168 Å². The first-order valence-corrected chi connectivity index (χ1v) is 10.5. The second kappa shape index (κ2) is 9.20. The lowest BCUT2D eigenvalue weighted by molar-refractivity contribution is 0.283. The highest BCUT2D eigenvalue weighted by Crippen LogP contribution is 2.22. The third-order valence-electron chi connectivity index (χ3n) is 5.86. The van der Waals surface area contributed by atoms with Gasteiger partial charge in [0.15, 0.2) is 0 Å². The summed E-state index contributed by atoms with van der Waals surface area (Å²) in [5.74, 6) is 2.81. The van der Waals surface area contributed by atoms with Crippen LogP contribution in [0.4, 0.5) is 11.8 Å². The summed E-state index contributed by atoms with van der Waals surface area (Å²) < 4.78 is 0. The number of piperazine rings is 1. The summed E-state index contributed by atoms with van der Waals surface area (Å²) in [6, 6.07) is 12.6. The van der Waals surface area contributed by atoms with Crippen molar-refractivity contribution in [2.45, 2.75) is 19.8 Å². The van der Waals surface area contributed by atoms with E-state index in [9.17, 15) is 0 Å². The lowest BCUT2D eigenvalue weighted by Crippen LogP contribution is -2.47. The second-order valence-electron chi connectivity index (χ2n) is 7.99. The summed E-state index contributed by atoms with van der Waals surface area (Å²) in [4.78, 5) is 16.7. The van der Waals surface area contributed by atoms with Crippen LogP contribution in [0.5, 0.6) is 0 Å². The van der Waals surface area contributed by atoms with Crippen LogP contribution in [0, 0.1) is 5.92 Å². The molecule has 148 valence electrons. The average Bonchev–Trinajstić information content (AvgIpc) is 2.76. The van der Waals surface area contributed by atoms with Gasteiger partial charge in [-0.2, -0.15) is 4.98 Å². The van der Waals surface area contributed by atoms with Crippen LogP contribution in [0.1, 0.15) is 25.3 Å². The Balaban J connectivity index is 1.29. The molecular weight excluding hydrogens is 346 g/mol. The Bertz CT molecular complexity index is 760. The zero-order chi connectivity index (χ0) is 19.2. The molecule has 2 aliphatic heterocycles. The Morgan fingerprint density at radius 3 is 2.43 bits per heavy atom. The molecule has 2 aliphatic rings. The van der Waals surface area contributed by atoms with Crippen molar-refractivity contribution < 1.29 is 0 Å². The van der Waals surface area contributed by atoms with Gasteiger partial charge in [0, 0.05) is 52.0 Å². The van der Waals surface area contributed by atoms with Crippen molar-refractivity contribution in [2.24, 2.45) is 5.92 Å². The normalized spacial score (nSPS) is 19.5. The molecule has 1 aromatic carbocycles. The smallest absolute Gasteiger partial charge is 0.227 e. The molecule has 2 saturated heterocycles. The average molecular weight is 378 g/mol. The molecule has 2 aromatic rings. The van der Waals surface area contributed by atoms with Crippen LogP contribution in [0.2, 0.25) is 0 Å². The largest absolute Gasteiger partial charge is 0.356 e. The quantitative estimate of drug-likeness (QED) is 0.796. The van der Waals surface area contributed by atoms with Gasteiger partial charge in [0.25, 0.3) is 0 Å². The first kappa shape index (κ1) is 18.9. The van der Waals surface area contributed by atoms with Crippen molar-refractivity contribution in [3.8, 4) is 0 Å². The highest BCUT2D eigenvalue weighted by atomic mass is 15.3. The van der Waals surface area contributed by atoms with E-state index in [4.69, 9.17) is 4.98 Å². The number of hydrogen-bond donors (Lipinski definition) is 0. The fraction of sp³-hybridized carbons (Fsp3) is 0.478. The zero-order valence-corrected chi connectivity index (χ0v) is 16.9. The molecule has 28 heavy (non-hydrogen) atoms. The number of piperidine rings is 1. The Hall–Kier alpha value is -2.40. The molecule has 0 aliphatic carbocycles. The topological polar surface area (TPSA) is 35.5 Å². The molecule has 0 N–H and O–H groups in total. The number of nitrogens with zero attached hydrogens (tertiary/aromatic N) is 5. The fourth-order valence-corrected chi connectivity index (χ4v) is 3.94. The van der Waals surface area contributed by atoms with Crippen LogP contribution in [0.3, 0.4) is 0 Å². The van der Waals surface area contributed by atoms with Gasteiger partial charge in [-0.1, -0.05) is 49.4 Å². The van der Waals surface area contributed by atoms with Crippen molar-refractivity contribution >= 4 is 17.8 Å². The molecule has 5 nitrogen and oxygen atoms in total. The third kappa shape index (κ3) is 4.90. The van der Waals surface area contributed by atoms with E-state index in [-0.39, 0.29) is 0 Å². The minimum Gasteiger partial charge on any atom is -0.356 e. The van der Waals surface area contributed by atoms with Crippen LogP contribution >= 0.6 is 0 Å². The van der Waals surface area contributed by atoms with Crippen molar-refractivity contribution in [2.75, 3.05) is 55.6 Å². The van der Waals surface area contributed by atoms with Gasteiger partial charge >= 0.3 is 0 Å². The molecule has 5 heteroatoms. The number of hydrogen-bond acceptors (Lipinski definition) is 5. The van der Waals surface area contributed by atoms with Gasteiger partial charge in [-0.05, 0) is 30.4 Å². The molecular formula is C23H31N5. The SMILES string of the molecule is CC1CCN(c2ccnc(N3CCN(C/C=C/c4ccccc4)CC3)n2)CC1. The molecule has 0 unspecified atom stereocenters. The second-order valence-corrected chi connectivity index (χ2v) is 7.99. The molecule has 3 heterocycles. The van der Waals surface area contributed by atoms with Crippen LogP contribution in [-0.2, 0) is 0 Å².